The van der Waals surface area contributed by atoms with Gasteiger partial charge in [0.25, 0.3) is 0 Å². The Balaban J connectivity index is 0. The minimum absolute atomic E-state index is 0. The fourth-order valence-corrected chi connectivity index (χ4v) is 0. The summed E-state index contributed by atoms with van der Waals surface area (Å²) >= 11 is 0. The van der Waals surface area contributed by atoms with Gasteiger partial charge in [-0.2, -0.15) is 0 Å². The van der Waals surface area contributed by atoms with Crippen LogP contribution in [0.3, 0.4) is 0 Å². The lowest BCUT2D eigenvalue weighted by Crippen LogP contribution is 0.0813. The molecule has 4 radical (unpaired) electrons. The van der Waals surface area contributed by atoms with E-state index in [2.05, 4.69) is 0 Å². The smallest absolute Gasteiger partial charge is 0 e. The molecule has 0 unspecified atom stereocenters. The molecule has 5 heavy (non-hydrogen) atoms. The summed E-state index contributed by atoms with van der Waals surface area (Å²) in [5, 5.41) is 0. The van der Waals surface area contributed by atoms with Crippen LogP contribution in [0.4, 0.5) is 0 Å². The lowest BCUT2D eigenvalue weighted by atomic mass is 12.0. The minimum Gasteiger partial charge on any atom is -0.147 e. The zero-order valence-corrected chi connectivity index (χ0v) is 5.40. The molecular formula is CH4Cl4. The Morgan fingerprint density at radius 1 is 0.400 bits per heavy atom. The molecule has 0 aromatic carbocycles. The molecule has 0 aromatic rings. The Bertz CT molecular complexity index is 3.61. The van der Waals surface area contributed by atoms with Gasteiger partial charge in [-0.05, 0) is 0 Å². The summed E-state index contributed by atoms with van der Waals surface area (Å²) in [6, 6.07) is 0. The summed E-state index contributed by atoms with van der Waals surface area (Å²) in [5.41, 5.74) is 0. The van der Waals surface area contributed by atoms with E-state index in [4.69, 9.17) is 0 Å². The Labute approximate surface area is 57.4 Å². The Morgan fingerprint density at radius 2 is 0.400 bits per heavy atom. The van der Waals surface area contributed by atoms with Crippen molar-refractivity contribution in [2.75, 3.05) is 0 Å². The molecule has 0 spiro atoms. The van der Waals surface area contributed by atoms with Crippen molar-refractivity contribution in [2.24, 2.45) is 0 Å². The maximum Gasteiger partial charge on any atom is 0 e. The third-order valence-electron chi connectivity index (χ3n) is 0. The fourth-order valence-electron chi connectivity index (χ4n) is 0. The van der Waals surface area contributed by atoms with Gasteiger partial charge in [-0.1, -0.05) is 0 Å². The van der Waals surface area contributed by atoms with E-state index in [-0.39, 0.29) is 57.1 Å². The van der Waals surface area contributed by atoms with Crippen LogP contribution in [0.25, 0.3) is 0 Å². The van der Waals surface area contributed by atoms with Gasteiger partial charge in [0.2, 0.25) is 0 Å². The molecule has 0 heterocycles. The normalized spacial score (nSPS) is 0. The van der Waals surface area contributed by atoms with Gasteiger partial charge >= 0.3 is 0 Å². The summed E-state index contributed by atoms with van der Waals surface area (Å²) in [5.74, 6) is 0. The molecule has 0 aromatic heterocycles. The van der Waals surface area contributed by atoms with E-state index >= 15 is 0 Å². The monoisotopic (exact) mass is 156 g/mol. The maximum absolute atomic E-state index is 0. The molecule has 0 amide bonds. The molecule has 4 heteroatoms. The van der Waals surface area contributed by atoms with E-state index in [0.29, 0.717) is 0 Å². The highest BCUT2D eigenvalue weighted by molar-refractivity contribution is 5.86. The van der Waals surface area contributed by atoms with E-state index in [1.807, 2.05) is 0 Å². The summed E-state index contributed by atoms with van der Waals surface area (Å²) in [6.07, 6.45) is 0. The largest absolute Gasteiger partial charge is 0.147 e. The second kappa shape index (κ2) is 66.4. The maximum atomic E-state index is 0. The molecule has 0 rings (SSSR count). The van der Waals surface area contributed by atoms with Gasteiger partial charge in [-0.3, -0.25) is 0 Å². The highest BCUT2D eigenvalue weighted by Crippen LogP contribution is 0.693. The number of hydrogen-bond acceptors (Lipinski definition) is 0. The van der Waals surface area contributed by atoms with E-state index in [0.717, 1.165) is 0 Å². The first-order valence-electron chi connectivity index (χ1n) is 0. The van der Waals surface area contributed by atoms with Crippen LogP contribution in [0.15, 0.2) is 0 Å². The van der Waals surface area contributed by atoms with Crippen molar-refractivity contribution >= 4 is 49.6 Å². The SMILES string of the molecule is Cl.Cl.Cl.Cl.[C]. The molecule has 0 atom stereocenters. The van der Waals surface area contributed by atoms with Crippen LogP contribution in [0.5, 0.6) is 0 Å². The number of hydrogen-bond donors (Lipinski definition) is 0. The van der Waals surface area contributed by atoms with Crippen molar-refractivity contribution in [3.8, 4) is 0 Å². The zero-order chi connectivity index (χ0) is 0. The van der Waals surface area contributed by atoms with E-state index in [1.165, 1.54) is 0 Å². The van der Waals surface area contributed by atoms with Gasteiger partial charge < -0.3 is 0 Å². The third kappa shape index (κ3) is 38.3. The van der Waals surface area contributed by atoms with Crippen molar-refractivity contribution in [1.29, 1.82) is 0 Å². The van der Waals surface area contributed by atoms with E-state index in [9.17, 15) is 0 Å². The van der Waals surface area contributed by atoms with Gasteiger partial charge in [-0.15, -0.1) is 49.6 Å². The summed E-state index contributed by atoms with van der Waals surface area (Å²) in [6.45, 7) is 0. The third-order valence-corrected chi connectivity index (χ3v) is 0. The molecule has 0 aliphatic rings. The van der Waals surface area contributed by atoms with Crippen molar-refractivity contribution in [3.05, 3.63) is 7.43 Å². The number of rotatable bonds is 0. The van der Waals surface area contributed by atoms with Crippen LogP contribution in [0, 0.1) is 7.43 Å². The molecule has 0 N–H and O–H groups in total. The average Bonchev–Trinajstić information content (AvgIpc) is 0. The molecule has 0 aliphatic heterocycles. The second-order valence-electron chi connectivity index (χ2n) is 0. The molecule has 0 saturated heterocycles. The standard InChI is InChI=1S/C.4ClH/h;4*1H. The Kier molecular flexibility index (Phi) is 1620. The highest BCUT2D eigenvalue weighted by Gasteiger charge is 0.0000279. The quantitative estimate of drug-likeness (QED) is 0.503. The van der Waals surface area contributed by atoms with Crippen LogP contribution >= 0.6 is 49.6 Å². The van der Waals surface area contributed by atoms with Crippen LogP contribution in [0.1, 0.15) is 0 Å². The highest BCUT2D eigenvalue weighted by atomic mass is 35.5. The lowest BCUT2D eigenvalue weighted by Gasteiger charge is -0.148. The second-order valence-corrected chi connectivity index (χ2v) is 0. The molecule has 0 saturated carbocycles. The van der Waals surface area contributed by atoms with Gasteiger partial charge in [-0.25, -0.2) is 0 Å². The van der Waals surface area contributed by atoms with Gasteiger partial charge in [0.15, 0.2) is 0 Å². The number of halogens is 4. The van der Waals surface area contributed by atoms with Crippen molar-refractivity contribution in [2.45, 2.75) is 0 Å². The predicted molar refractivity (Wildman–Crippen MR) is 32.2 cm³/mol. The molecule has 36 valence electrons. The van der Waals surface area contributed by atoms with Crippen LogP contribution < -0.4 is 0 Å². The summed E-state index contributed by atoms with van der Waals surface area (Å²) in [4.78, 5) is 0. The zero-order valence-electron chi connectivity index (χ0n) is 2.13. The first-order valence-corrected chi connectivity index (χ1v) is 0. The van der Waals surface area contributed by atoms with E-state index < -0.39 is 0 Å². The van der Waals surface area contributed by atoms with Crippen molar-refractivity contribution < 1.29 is 0 Å². The first kappa shape index (κ1) is 122. The Hall–Kier alpha value is 1.16. The summed E-state index contributed by atoms with van der Waals surface area (Å²) in [7, 11) is 0. The Morgan fingerprint density at radius 3 is 0.400 bits per heavy atom. The summed E-state index contributed by atoms with van der Waals surface area (Å²) < 4.78 is 0. The fraction of sp³-hybridized carbons (Fsp3) is 0. The van der Waals surface area contributed by atoms with Crippen molar-refractivity contribution in [3.63, 3.8) is 0 Å². The van der Waals surface area contributed by atoms with Crippen molar-refractivity contribution in [1.82, 2.24) is 0 Å². The minimum atomic E-state index is 0. The van der Waals surface area contributed by atoms with Gasteiger partial charge in [0.1, 0.15) is 0 Å². The van der Waals surface area contributed by atoms with Crippen LogP contribution in [-0.2, 0) is 0 Å². The first-order chi connectivity index (χ1) is 0. The van der Waals surface area contributed by atoms with Gasteiger partial charge in [0.05, 0.1) is 0 Å². The molecule has 0 bridgehead atoms. The topological polar surface area (TPSA) is 0 Å². The molecular weight excluding hydrogens is 154 g/mol. The van der Waals surface area contributed by atoms with Crippen LogP contribution in [0.2, 0.25) is 0 Å². The molecule has 0 nitrogen and oxygen atoms in total. The van der Waals surface area contributed by atoms with E-state index in [1.54, 1.807) is 0 Å². The molecule has 0 fully saturated rings. The average molecular weight is 158 g/mol. The predicted octanol–water partition coefficient (Wildman–Crippen LogP) is 1.77. The molecule has 0 aliphatic carbocycles. The lowest BCUT2D eigenvalue weighted by molar-refractivity contribution is 3.24. The van der Waals surface area contributed by atoms with Gasteiger partial charge in [0, 0.05) is 7.43 Å². The van der Waals surface area contributed by atoms with Crippen LogP contribution in [-0.4, -0.2) is 0 Å².